The number of aromatic amines is 1. The highest BCUT2D eigenvalue weighted by Gasteiger charge is 2.16. The number of nitrogens with one attached hydrogen (secondary N) is 1. The minimum Gasteiger partial charge on any atom is -0.323 e. The van der Waals surface area contributed by atoms with Crippen molar-refractivity contribution in [2.75, 3.05) is 6.26 Å². The van der Waals surface area contributed by atoms with Gasteiger partial charge in [0, 0.05) is 19.3 Å². The largest absolute Gasteiger partial charge is 0.332 e. The number of H-pyrrole nitrogens is 1. The Labute approximate surface area is 179 Å². The van der Waals surface area contributed by atoms with E-state index in [9.17, 15) is 18.0 Å². The standard InChI is InChI=1S/C20H25ClN4O4S/c1-3-4-5-12-24-17-16(22-19(21)23-17)18(26)25(20(24)27)13-6-7-14-8-10-15(11-9-14)30(2,28)29/h8-11H,3-7,12-13H2,1-2H3,(H,22,23). The Bertz CT molecular complexity index is 1260. The van der Waals surface area contributed by atoms with Gasteiger partial charge in [-0.1, -0.05) is 31.9 Å². The maximum Gasteiger partial charge on any atom is 0.332 e. The lowest BCUT2D eigenvalue weighted by Gasteiger charge is -2.11. The number of sulfone groups is 1. The number of hydrogen-bond acceptors (Lipinski definition) is 5. The number of fused-ring (bicyclic) bond motifs is 1. The van der Waals surface area contributed by atoms with Gasteiger partial charge in [0.05, 0.1) is 4.90 Å². The molecule has 0 amide bonds. The van der Waals surface area contributed by atoms with Crippen molar-refractivity contribution in [1.29, 1.82) is 0 Å². The molecule has 162 valence electrons. The third-order valence-electron chi connectivity index (χ3n) is 5.02. The zero-order valence-corrected chi connectivity index (χ0v) is 18.6. The first-order valence-corrected chi connectivity index (χ1v) is 12.2. The molecule has 30 heavy (non-hydrogen) atoms. The average Bonchev–Trinajstić information content (AvgIpc) is 3.08. The van der Waals surface area contributed by atoms with Crippen LogP contribution in [0.2, 0.25) is 5.28 Å². The lowest BCUT2D eigenvalue weighted by molar-refractivity contribution is 0.526. The molecule has 0 aliphatic carbocycles. The number of halogens is 1. The summed E-state index contributed by atoms with van der Waals surface area (Å²) in [6.07, 6.45) is 5.10. The molecule has 1 aromatic carbocycles. The molecule has 0 fully saturated rings. The first-order chi connectivity index (χ1) is 14.2. The van der Waals surface area contributed by atoms with Crippen molar-refractivity contribution < 1.29 is 8.42 Å². The Morgan fingerprint density at radius 3 is 2.33 bits per heavy atom. The van der Waals surface area contributed by atoms with Gasteiger partial charge in [-0.05, 0) is 48.6 Å². The topological polar surface area (TPSA) is 107 Å². The van der Waals surface area contributed by atoms with Crippen molar-refractivity contribution in [3.05, 3.63) is 56.0 Å². The van der Waals surface area contributed by atoms with Gasteiger partial charge in [-0.25, -0.2) is 13.2 Å². The van der Waals surface area contributed by atoms with E-state index in [0.29, 0.717) is 25.0 Å². The second-order valence-corrected chi connectivity index (χ2v) is 9.72. The maximum atomic E-state index is 13.0. The predicted molar refractivity (Wildman–Crippen MR) is 117 cm³/mol. The highest BCUT2D eigenvalue weighted by molar-refractivity contribution is 7.90. The van der Waals surface area contributed by atoms with E-state index >= 15 is 0 Å². The van der Waals surface area contributed by atoms with E-state index in [0.717, 1.165) is 31.1 Å². The molecular weight excluding hydrogens is 428 g/mol. The lowest BCUT2D eigenvalue weighted by Crippen LogP contribution is -2.40. The molecule has 0 radical (unpaired) electrons. The summed E-state index contributed by atoms with van der Waals surface area (Å²) in [6.45, 7) is 2.79. The molecule has 10 heteroatoms. The van der Waals surface area contributed by atoms with Crippen LogP contribution in [0.25, 0.3) is 11.2 Å². The van der Waals surface area contributed by atoms with Crippen molar-refractivity contribution >= 4 is 32.6 Å². The van der Waals surface area contributed by atoms with E-state index in [1.165, 1.54) is 9.13 Å². The number of imidazole rings is 1. The number of unbranched alkanes of at least 4 members (excludes halogenated alkanes) is 2. The van der Waals surface area contributed by atoms with E-state index in [2.05, 4.69) is 16.9 Å². The van der Waals surface area contributed by atoms with Gasteiger partial charge >= 0.3 is 5.69 Å². The molecule has 0 saturated carbocycles. The summed E-state index contributed by atoms with van der Waals surface area (Å²) in [5, 5.41) is 0.0782. The molecule has 0 unspecified atom stereocenters. The number of nitrogens with zero attached hydrogens (tertiary/aromatic N) is 3. The number of aryl methyl sites for hydroxylation is 2. The van der Waals surface area contributed by atoms with Crippen molar-refractivity contribution in [3.8, 4) is 0 Å². The zero-order chi connectivity index (χ0) is 21.9. The average molecular weight is 453 g/mol. The molecule has 0 spiro atoms. The summed E-state index contributed by atoms with van der Waals surface area (Å²) in [5.41, 5.74) is 0.629. The fraction of sp³-hybridized carbons (Fsp3) is 0.450. The zero-order valence-electron chi connectivity index (χ0n) is 17.0. The quantitative estimate of drug-likeness (QED) is 0.397. The lowest BCUT2D eigenvalue weighted by atomic mass is 10.1. The van der Waals surface area contributed by atoms with Crippen LogP contribution < -0.4 is 11.2 Å². The van der Waals surface area contributed by atoms with Crippen LogP contribution in [-0.4, -0.2) is 33.8 Å². The van der Waals surface area contributed by atoms with Crippen LogP contribution in [0.4, 0.5) is 0 Å². The van der Waals surface area contributed by atoms with E-state index in [4.69, 9.17) is 11.6 Å². The van der Waals surface area contributed by atoms with E-state index in [1.807, 2.05) is 0 Å². The number of hydrogen-bond donors (Lipinski definition) is 1. The fourth-order valence-corrected chi connectivity index (χ4v) is 4.21. The molecule has 0 saturated heterocycles. The molecular formula is C20H25ClN4O4S. The van der Waals surface area contributed by atoms with Gasteiger partial charge in [0.15, 0.2) is 21.0 Å². The fourth-order valence-electron chi connectivity index (χ4n) is 3.40. The van der Waals surface area contributed by atoms with E-state index in [-0.39, 0.29) is 27.9 Å². The molecule has 2 heterocycles. The first kappa shape index (κ1) is 22.3. The van der Waals surface area contributed by atoms with Crippen LogP contribution in [0.3, 0.4) is 0 Å². The molecule has 2 aromatic heterocycles. The number of rotatable bonds is 9. The van der Waals surface area contributed by atoms with Gasteiger partial charge in [0.2, 0.25) is 5.28 Å². The number of benzene rings is 1. The van der Waals surface area contributed by atoms with Crippen molar-refractivity contribution in [2.45, 2.75) is 57.0 Å². The summed E-state index contributed by atoms with van der Waals surface area (Å²) < 4.78 is 25.8. The van der Waals surface area contributed by atoms with Gasteiger partial charge in [0.1, 0.15) is 0 Å². The Morgan fingerprint density at radius 1 is 1.03 bits per heavy atom. The van der Waals surface area contributed by atoms with Crippen LogP contribution in [0, 0.1) is 0 Å². The van der Waals surface area contributed by atoms with E-state index in [1.54, 1.807) is 24.3 Å². The van der Waals surface area contributed by atoms with Gasteiger partial charge in [0.25, 0.3) is 5.56 Å². The molecule has 0 aliphatic heterocycles. The first-order valence-electron chi connectivity index (χ1n) is 9.90. The van der Waals surface area contributed by atoms with Gasteiger partial charge in [-0.3, -0.25) is 13.9 Å². The third-order valence-corrected chi connectivity index (χ3v) is 6.32. The summed E-state index contributed by atoms with van der Waals surface area (Å²) in [6, 6.07) is 6.63. The van der Waals surface area contributed by atoms with Crippen molar-refractivity contribution in [1.82, 2.24) is 19.1 Å². The van der Waals surface area contributed by atoms with E-state index < -0.39 is 15.4 Å². The summed E-state index contributed by atoms with van der Waals surface area (Å²) >= 11 is 5.95. The molecule has 0 atom stereocenters. The SMILES string of the molecule is CCCCCn1c(=O)n(CCCc2ccc(S(C)(=O)=O)cc2)c(=O)c2[nH]c(Cl)nc21. The molecule has 3 rings (SSSR count). The molecule has 1 N–H and O–H groups in total. The van der Waals surface area contributed by atoms with Crippen molar-refractivity contribution in [3.63, 3.8) is 0 Å². The van der Waals surface area contributed by atoms with Crippen LogP contribution in [0.1, 0.15) is 38.2 Å². The molecule has 3 aromatic rings. The molecule has 0 bridgehead atoms. The number of aromatic nitrogens is 4. The molecule has 0 aliphatic rings. The van der Waals surface area contributed by atoms with Crippen LogP contribution in [0.5, 0.6) is 0 Å². The van der Waals surface area contributed by atoms with Crippen LogP contribution in [-0.2, 0) is 29.3 Å². The summed E-state index contributed by atoms with van der Waals surface area (Å²) in [4.78, 5) is 32.9. The Morgan fingerprint density at radius 2 is 1.70 bits per heavy atom. The molecule has 8 nitrogen and oxygen atoms in total. The van der Waals surface area contributed by atoms with Crippen molar-refractivity contribution in [2.24, 2.45) is 0 Å². The highest BCUT2D eigenvalue weighted by atomic mass is 35.5. The normalized spacial score (nSPS) is 12.0. The summed E-state index contributed by atoms with van der Waals surface area (Å²) in [7, 11) is -3.24. The predicted octanol–water partition coefficient (Wildman–Crippen LogP) is 2.77. The monoisotopic (exact) mass is 452 g/mol. The Hall–Kier alpha value is -2.39. The highest BCUT2D eigenvalue weighted by Crippen LogP contribution is 2.13. The second kappa shape index (κ2) is 9.18. The Balaban J connectivity index is 1.83. The third kappa shape index (κ3) is 4.84. The van der Waals surface area contributed by atoms with Gasteiger partial charge in [-0.2, -0.15) is 4.98 Å². The summed E-state index contributed by atoms with van der Waals surface area (Å²) in [5.74, 6) is 0. The van der Waals surface area contributed by atoms with Gasteiger partial charge < -0.3 is 4.98 Å². The second-order valence-electron chi connectivity index (χ2n) is 7.34. The minimum absolute atomic E-state index is 0.0782. The smallest absolute Gasteiger partial charge is 0.323 e. The minimum atomic E-state index is -3.24. The van der Waals surface area contributed by atoms with Gasteiger partial charge in [-0.15, -0.1) is 0 Å². The van der Waals surface area contributed by atoms with Crippen LogP contribution in [0.15, 0.2) is 38.8 Å². The maximum absolute atomic E-state index is 13.0. The Kier molecular flexibility index (Phi) is 6.82. The van der Waals surface area contributed by atoms with Crippen LogP contribution >= 0.6 is 11.6 Å².